The number of thiophene rings is 1. The lowest BCUT2D eigenvalue weighted by molar-refractivity contribution is 0.285. The summed E-state index contributed by atoms with van der Waals surface area (Å²) in [7, 11) is 0. The molecule has 1 aliphatic carbocycles. The van der Waals surface area contributed by atoms with Crippen LogP contribution >= 0.6 is 11.3 Å². The van der Waals surface area contributed by atoms with Crippen molar-refractivity contribution in [2.75, 3.05) is 0 Å². The summed E-state index contributed by atoms with van der Waals surface area (Å²) in [4.78, 5) is 2.92. The second kappa shape index (κ2) is 4.67. The Morgan fingerprint density at radius 1 is 1.40 bits per heavy atom. The van der Waals surface area contributed by atoms with Crippen molar-refractivity contribution >= 4 is 11.3 Å². The summed E-state index contributed by atoms with van der Waals surface area (Å²) in [5.74, 6) is 1.53. The van der Waals surface area contributed by atoms with Crippen LogP contribution in [-0.2, 0) is 0 Å². The number of nitrogens with two attached hydrogens (primary N) is 1. The van der Waals surface area contributed by atoms with Gasteiger partial charge in [-0.15, -0.1) is 11.3 Å². The zero-order chi connectivity index (χ0) is 10.8. The highest BCUT2D eigenvalue weighted by Crippen LogP contribution is 2.39. The molecule has 1 nitrogen and oxygen atoms in total. The molecule has 3 atom stereocenters. The maximum Gasteiger partial charge on any atom is 0.0116 e. The van der Waals surface area contributed by atoms with Crippen LogP contribution in [0.5, 0.6) is 0 Å². The van der Waals surface area contributed by atoms with Crippen molar-refractivity contribution in [3.8, 4) is 0 Å². The van der Waals surface area contributed by atoms with Gasteiger partial charge in [0.1, 0.15) is 0 Å². The molecular formula is C13H21NS. The second-order valence-electron chi connectivity index (χ2n) is 4.81. The molecule has 0 radical (unpaired) electrons. The number of aryl methyl sites for hydroxylation is 1. The third-order valence-corrected chi connectivity index (χ3v) is 4.85. The van der Waals surface area contributed by atoms with Crippen LogP contribution in [-0.4, -0.2) is 6.04 Å². The lowest BCUT2D eigenvalue weighted by atomic mass is 9.77. The Bertz CT molecular complexity index is 318. The lowest BCUT2D eigenvalue weighted by Gasteiger charge is -2.33. The first-order valence-electron chi connectivity index (χ1n) is 6.02. The molecular weight excluding hydrogens is 202 g/mol. The summed E-state index contributed by atoms with van der Waals surface area (Å²) in [5, 5.41) is 0. The van der Waals surface area contributed by atoms with Crippen LogP contribution in [0.3, 0.4) is 0 Å². The van der Waals surface area contributed by atoms with Gasteiger partial charge in [0, 0.05) is 21.7 Å². The fourth-order valence-corrected chi connectivity index (χ4v) is 3.70. The molecule has 3 unspecified atom stereocenters. The van der Waals surface area contributed by atoms with E-state index in [1.807, 2.05) is 11.3 Å². The summed E-state index contributed by atoms with van der Waals surface area (Å²) < 4.78 is 0. The summed E-state index contributed by atoms with van der Waals surface area (Å²) in [6, 6.07) is 4.90. The average molecular weight is 223 g/mol. The van der Waals surface area contributed by atoms with E-state index < -0.39 is 0 Å². The van der Waals surface area contributed by atoms with E-state index in [9.17, 15) is 0 Å². The zero-order valence-electron chi connectivity index (χ0n) is 9.70. The van der Waals surface area contributed by atoms with Gasteiger partial charge in [-0.05, 0) is 44.2 Å². The minimum Gasteiger partial charge on any atom is -0.327 e. The van der Waals surface area contributed by atoms with E-state index in [-0.39, 0.29) is 0 Å². The molecule has 0 amide bonds. The van der Waals surface area contributed by atoms with E-state index in [0.717, 1.165) is 5.92 Å². The Balaban J connectivity index is 2.12. The zero-order valence-corrected chi connectivity index (χ0v) is 10.5. The largest absolute Gasteiger partial charge is 0.327 e. The molecule has 1 aromatic heterocycles. The molecule has 84 valence electrons. The van der Waals surface area contributed by atoms with Crippen LogP contribution in [0.2, 0.25) is 0 Å². The van der Waals surface area contributed by atoms with Gasteiger partial charge >= 0.3 is 0 Å². The van der Waals surface area contributed by atoms with Crippen molar-refractivity contribution in [2.45, 2.75) is 51.5 Å². The van der Waals surface area contributed by atoms with Crippen molar-refractivity contribution in [3.05, 3.63) is 21.9 Å². The van der Waals surface area contributed by atoms with E-state index in [1.165, 1.54) is 35.4 Å². The molecule has 2 rings (SSSR count). The maximum absolute atomic E-state index is 6.24. The molecule has 2 N–H and O–H groups in total. The summed E-state index contributed by atoms with van der Waals surface area (Å²) in [5.41, 5.74) is 6.24. The van der Waals surface area contributed by atoms with Gasteiger partial charge in [-0.3, -0.25) is 0 Å². The molecule has 15 heavy (non-hydrogen) atoms. The SMILES string of the molecule is CCC1CCC(N)C(c2ccc(C)s2)C1. The molecule has 0 spiro atoms. The fraction of sp³-hybridized carbons (Fsp3) is 0.692. The number of rotatable bonds is 2. The Kier molecular flexibility index (Phi) is 3.47. The van der Waals surface area contributed by atoms with Crippen LogP contribution < -0.4 is 5.73 Å². The van der Waals surface area contributed by atoms with E-state index in [1.54, 1.807) is 0 Å². The molecule has 0 bridgehead atoms. The molecule has 0 aliphatic heterocycles. The lowest BCUT2D eigenvalue weighted by Crippen LogP contribution is -2.34. The third-order valence-electron chi connectivity index (χ3n) is 3.72. The topological polar surface area (TPSA) is 26.0 Å². The fourth-order valence-electron chi connectivity index (χ4n) is 2.63. The van der Waals surface area contributed by atoms with Crippen molar-refractivity contribution < 1.29 is 0 Å². The van der Waals surface area contributed by atoms with Crippen molar-refractivity contribution in [2.24, 2.45) is 11.7 Å². The average Bonchev–Trinajstić information content (AvgIpc) is 2.65. The Morgan fingerprint density at radius 3 is 2.80 bits per heavy atom. The van der Waals surface area contributed by atoms with Crippen LogP contribution in [0.1, 0.15) is 48.3 Å². The molecule has 1 heterocycles. The predicted octanol–water partition coefficient (Wildman–Crippen LogP) is 3.68. The standard InChI is InChI=1S/C13H21NS/c1-3-10-5-6-12(14)11(8-10)13-7-4-9(2)15-13/h4,7,10-12H,3,5-6,8,14H2,1-2H3. The molecule has 0 saturated heterocycles. The van der Waals surface area contributed by atoms with Gasteiger partial charge in [0.05, 0.1) is 0 Å². The monoisotopic (exact) mass is 223 g/mol. The van der Waals surface area contributed by atoms with E-state index in [0.29, 0.717) is 12.0 Å². The van der Waals surface area contributed by atoms with Gasteiger partial charge in [-0.1, -0.05) is 13.3 Å². The summed E-state index contributed by atoms with van der Waals surface area (Å²) in [6.07, 6.45) is 5.16. The quantitative estimate of drug-likeness (QED) is 0.813. The van der Waals surface area contributed by atoms with Gasteiger partial charge in [-0.25, -0.2) is 0 Å². The first kappa shape index (κ1) is 11.2. The smallest absolute Gasteiger partial charge is 0.0116 e. The minimum absolute atomic E-state index is 0.394. The first-order chi connectivity index (χ1) is 7.20. The van der Waals surface area contributed by atoms with Crippen LogP contribution in [0.4, 0.5) is 0 Å². The third kappa shape index (κ3) is 2.43. The molecule has 1 aromatic rings. The Hall–Kier alpha value is -0.340. The Morgan fingerprint density at radius 2 is 2.20 bits per heavy atom. The van der Waals surface area contributed by atoms with E-state index in [4.69, 9.17) is 5.73 Å². The normalized spacial score (nSPS) is 31.8. The predicted molar refractivity (Wildman–Crippen MR) is 67.4 cm³/mol. The highest BCUT2D eigenvalue weighted by molar-refractivity contribution is 7.12. The van der Waals surface area contributed by atoms with Crippen molar-refractivity contribution in [1.29, 1.82) is 0 Å². The van der Waals surface area contributed by atoms with Gasteiger partial charge < -0.3 is 5.73 Å². The molecule has 2 heteroatoms. The van der Waals surface area contributed by atoms with Gasteiger partial charge in [0.25, 0.3) is 0 Å². The summed E-state index contributed by atoms with van der Waals surface area (Å²) in [6.45, 7) is 4.48. The highest BCUT2D eigenvalue weighted by Gasteiger charge is 2.29. The second-order valence-corrected chi connectivity index (χ2v) is 6.13. The van der Waals surface area contributed by atoms with Crippen molar-refractivity contribution in [3.63, 3.8) is 0 Å². The van der Waals surface area contributed by atoms with Gasteiger partial charge in [0.2, 0.25) is 0 Å². The highest BCUT2D eigenvalue weighted by atomic mass is 32.1. The number of hydrogen-bond donors (Lipinski definition) is 1. The van der Waals surface area contributed by atoms with Gasteiger partial charge in [0.15, 0.2) is 0 Å². The van der Waals surface area contributed by atoms with Crippen LogP contribution in [0, 0.1) is 12.8 Å². The molecule has 1 aliphatic rings. The maximum atomic E-state index is 6.24. The summed E-state index contributed by atoms with van der Waals surface area (Å²) >= 11 is 1.93. The molecule has 1 fully saturated rings. The first-order valence-corrected chi connectivity index (χ1v) is 6.84. The molecule has 0 aromatic carbocycles. The minimum atomic E-state index is 0.394. The van der Waals surface area contributed by atoms with E-state index >= 15 is 0 Å². The van der Waals surface area contributed by atoms with Gasteiger partial charge in [-0.2, -0.15) is 0 Å². The van der Waals surface area contributed by atoms with E-state index in [2.05, 4.69) is 26.0 Å². The van der Waals surface area contributed by atoms with Crippen LogP contribution in [0.15, 0.2) is 12.1 Å². The number of hydrogen-bond acceptors (Lipinski definition) is 2. The Labute approximate surface area is 96.7 Å². The van der Waals surface area contributed by atoms with Crippen molar-refractivity contribution in [1.82, 2.24) is 0 Å². The van der Waals surface area contributed by atoms with Crippen LogP contribution in [0.25, 0.3) is 0 Å². The molecule has 1 saturated carbocycles.